The highest BCUT2D eigenvalue weighted by Gasteiger charge is 2.08. The Bertz CT molecular complexity index is 294. The van der Waals surface area contributed by atoms with Gasteiger partial charge in [0, 0.05) is 24.9 Å². The number of aliphatic carboxylic acids is 1. The van der Waals surface area contributed by atoms with Gasteiger partial charge in [-0.25, -0.2) is 4.98 Å². The summed E-state index contributed by atoms with van der Waals surface area (Å²) in [5.74, 6) is 0.183. The van der Waals surface area contributed by atoms with E-state index >= 15 is 0 Å². The smallest absolute Gasteiger partial charge is 0.303 e. The topological polar surface area (TPSA) is 55.1 Å². The van der Waals surface area contributed by atoms with Crippen LogP contribution in [0.25, 0.3) is 0 Å². The van der Waals surface area contributed by atoms with Crippen LogP contribution in [-0.4, -0.2) is 20.6 Å². The van der Waals surface area contributed by atoms with Crippen molar-refractivity contribution in [2.24, 2.45) is 0 Å². The molecule has 1 atom stereocenters. The summed E-state index contributed by atoms with van der Waals surface area (Å²) in [4.78, 5) is 14.4. The maximum absolute atomic E-state index is 10.3. The SMILES string of the molecule is Cc1nccn1C(C)CCC(=O)O. The van der Waals surface area contributed by atoms with Gasteiger partial charge in [0.05, 0.1) is 0 Å². The number of hydrogen-bond donors (Lipinski definition) is 1. The lowest BCUT2D eigenvalue weighted by atomic mass is 10.2. The van der Waals surface area contributed by atoms with Crippen molar-refractivity contribution < 1.29 is 9.90 Å². The van der Waals surface area contributed by atoms with Crippen LogP contribution >= 0.6 is 0 Å². The highest BCUT2D eigenvalue weighted by atomic mass is 16.4. The Hall–Kier alpha value is -1.32. The molecule has 0 aliphatic rings. The normalized spacial score (nSPS) is 12.8. The molecule has 1 aromatic rings. The molecule has 4 nitrogen and oxygen atoms in total. The third-order valence-corrected chi connectivity index (χ3v) is 2.11. The van der Waals surface area contributed by atoms with E-state index in [9.17, 15) is 4.79 Å². The molecule has 0 saturated carbocycles. The van der Waals surface area contributed by atoms with Crippen molar-refractivity contribution in [3.8, 4) is 0 Å². The molecule has 1 N–H and O–H groups in total. The summed E-state index contributed by atoms with van der Waals surface area (Å²) < 4.78 is 1.99. The maximum atomic E-state index is 10.3. The molecule has 0 saturated heterocycles. The summed E-state index contributed by atoms with van der Waals surface area (Å²) in [7, 11) is 0. The predicted octanol–water partition coefficient (Wildman–Crippen LogP) is 1.62. The molecular weight excluding hydrogens is 168 g/mol. The molecule has 1 aromatic heterocycles. The van der Waals surface area contributed by atoms with Gasteiger partial charge in [-0.05, 0) is 20.3 Å². The second-order valence-electron chi connectivity index (χ2n) is 3.16. The number of rotatable bonds is 4. The molecule has 0 fully saturated rings. The fraction of sp³-hybridized carbons (Fsp3) is 0.556. The standard InChI is InChI=1S/C9H14N2O2/c1-7(3-4-9(12)13)11-6-5-10-8(11)2/h5-7H,3-4H2,1-2H3,(H,12,13). The molecule has 4 heteroatoms. The number of carbonyl (C=O) groups is 1. The zero-order valence-electron chi connectivity index (χ0n) is 7.90. The van der Waals surface area contributed by atoms with Gasteiger partial charge in [0.15, 0.2) is 0 Å². The molecule has 1 heterocycles. The molecule has 1 rings (SSSR count). The molecule has 13 heavy (non-hydrogen) atoms. The summed E-state index contributed by atoms with van der Waals surface area (Å²) in [6.07, 6.45) is 4.46. The summed E-state index contributed by atoms with van der Waals surface area (Å²) in [5, 5.41) is 8.50. The Labute approximate surface area is 77.2 Å². The number of aryl methyl sites for hydroxylation is 1. The molecule has 72 valence electrons. The van der Waals surface area contributed by atoms with Gasteiger partial charge in [-0.15, -0.1) is 0 Å². The van der Waals surface area contributed by atoms with E-state index in [-0.39, 0.29) is 12.5 Å². The lowest BCUT2D eigenvalue weighted by Crippen LogP contribution is -2.08. The Morgan fingerprint density at radius 2 is 2.46 bits per heavy atom. The van der Waals surface area contributed by atoms with Crippen LogP contribution in [0.2, 0.25) is 0 Å². The summed E-state index contributed by atoms with van der Waals surface area (Å²) in [6.45, 7) is 3.91. The number of carboxylic acid groups (broad SMARTS) is 1. The van der Waals surface area contributed by atoms with Crippen molar-refractivity contribution in [1.82, 2.24) is 9.55 Å². The monoisotopic (exact) mass is 182 g/mol. The van der Waals surface area contributed by atoms with Crippen molar-refractivity contribution in [2.75, 3.05) is 0 Å². The second kappa shape index (κ2) is 4.07. The van der Waals surface area contributed by atoms with Gasteiger partial charge in [-0.2, -0.15) is 0 Å². The average molecular weight is 182 g/mol. The molecule has 0 spiro atoms. The van der Waals surface area contributed by atoms with Gasteiger partial charge in [-0.1, -0.05) is 0 Å². The number of aromatic nitrogens is 2. The lowest BCUT2D eigenvalue weighted by molar-refractivity contribution is -0.137. The fourth-order valence-electron chi connectivity index (χ4n) is 1.32. The molecule has 1 unspecified atom stereocenters. The molecule has 0 aromatic carbocycles. The van der Waals surface area contributed by atoms with Gasteiger partial charge in [0.1, 0.15) is 5.82 Å². The van der Waals surface area contributed by atoms with Crippen molar-refractivity contribution in [1.29, 1.82) is 0 Å². The number of nitrogens with zero attached hydrogens (tertiary/aromatic N) is 2. The molecule has 0 aliphatic carbocycles. The van der Waals surface area contributed by atoms with Gasteiger partial charge >= 0.3 is 5.97 Å². The van der Waals surface area contributed by atoms with Crippen molar-refractivity contribution in [3.05, 3.63) is 18.2 Å². The Balaban J connectivity index is 2.53. The Morgan fingerprint density at radius 3 is 2.92 bits per heavy atom. The zero-order chi connectivity index (χ0) is 9.84. The van der Waals surface area contributed by atoms with Crippen LogP contribution in [0.1, 0.15) is 31.6 Å². The third-order valence-electron chi connectivity index (χ3n) is 2.11. The first-order valence-electron chi connectivity index (χ1n) is 4.32. The molecule has 0 aliphatic heterocycles. The van der Waals surface area contributed by atoms with Gasteiger partial charge in [0.25, 0.3) is 0 Å². The molecule has 0 bridgehead atoms. The van der Waals surface area contributed by atoms with E-state index in [1.54, 1.807) is 6.20 Å². The number of carboxylic acids is 1. The van der Waals surface area contributed by atoms with Crippen LogP contribution in [0, 0.1) is 6.92 Å². The molecular formula is C9H14N2O2. The minimum absolute atomic E-state index is 0.207. The Kier molecular flexibility index (Phi) is 3.06. The van der Waals surface area contributed by atoms with Gasteiger partial charge < -0.3 is 9.67 Å². The lowest BCUT2D eigenvalue weighted by Gasteiger charge is -2.13. The van der Waals surface area contributed by atoms with E-state index in [1.807, 2.05) is 24.6 Å². The van der Waals surface area contributed by atoms with Crippen LogP contribution in [0.3, 0.4) is 0 Å². The minimum atomic E-state index is -0.746. The van der Waals surface area contributed by atoms with Gasteiger partial charge in [-0.3, -0.25) is 4.79 Å². The van der Waals surface area contributed by atoms with Crippen LogP contribution in [0.4, 0.5) is 0 Å². The van der Waals surface area contributed by atoms with Crippen molar-refractivity contribution >= 4 is 5.97 Å². The van der Waals surface area contributed by atoms with E-state index in [1.165, 1.54) is 0 Å². The molecule has 0 radical (unpaired) electrons. The van der Waals surface area contributed by atoms with Crippen LogP contribution in [0.15, 0.2) is 12.4 Å². The quantitative estimate of drug-likeness (QED) is 0.769. The largest absolute Gasteiger partial charge is 0.481 e. The first-order chi connectivity index (χ1) is 6.11. The number of hydrogen-bond acceptors (Lipinski definition) is 2. The van der Waals surface area contributed by atoms with E-state index in [0.29, 0.717) is 6.42 Å². The van der Waals surface area contributed by atoms with E-state index in [0.717, 1.165) is 5.82 Å². The highest BCUT2D eigenvalue weighted by Crippen LogP contribution is 2.14. The Morgan fingerprint density at radius 1 is 1.77 bits per heavy atom. The van der Waals surface area contributed by atoms with Crippen LogP contribution < -0.4 is 0 Å². The molecule has 0 amide bonds. The average Bonchev–Trinajstić information content (AvgIpc) is 2.47. The van der Waals surface area contributed by atoms with Gasteiger partial charge in [0.2, 0.25) is 0 Å². The summed E-state index contributed by atoms with van der Waals surface area (Å²) in [6, 6.07) is 0.207. The first-order valence-corrected chi connectivity index (χ1v) is 4.32. The van der Waals surface area contributed by atoms with Crippen molar-refractivity contribution in [3.63, 3.8) is 0 Å². The van der Waals surface area contributed by atoms with Crippen LogP contribution in [-0.2, 0) is 4.79 Å². The fourth-order valence-corrected chi connectivity index (χ4v) is 1.32. The number of imidazole rings is 1. The second-order valence-corrected chi connectivity index (χ2v) is 3.16. The van der Waals surface area contributed by atoms with E-state index in [2.05, 4.69) is 4.98 Å². The van der Waals surface area contributed by atoms with Crippen molar-refractivity contribution in [2.45, 2.75) is 32.7 Å². The highest BCUT2D eigenvalue weighted by molar-refractivity contribution is 5.66. The maximum Gasteiger partial charge on any atom is 0.303 e. The third kappa shape index (κ3) is 2.57. The summed E-state index contributed by atoms with van der Waals surface area (Å²) in [5.41, 5.74) is 0. The zero-order valence-corrected chi connectivity index (χ0v) is 7.90. The minimum Gasteiger partial charge on any atom is -0.481 e. The summed E-state index contributed by atoms with van der Waals surface area (Å²) >= 11 is 0. The predicted molar refractivity (Wildman–Crippen MR) is 48.5 cm³/mol. The van der Waals surface area contributed by atoms with E-state index < -0.39 is 5.97 Å². The first kappa shape index (κ1) is 9.77. The van der Waals surface area contributed by atoms with E-state index in [4.69, 9.17) is 5.11 Å². The van der Waals surface area contributed by atoms with Crippen LogP contribution in [0.5, 0.6) is 0 Å².